The van der Waals surface area contributed by atoms with Gasteiger partial charge in [0.2, 0.25) is 5.95 Å². The summed E-state index contributed by atoms with van der Waals surface area (Å²) in [7, 11) is -3.91. The molecule has 0 radical (unpaired) electrons. The van der Waals surface area contributed by atoms with Crippen molar-refractivity contribution in [2.24, 2.45) is 0 Å². The normalized spacial score (nSPS) is 37.3. The molecule has 1 aliphatic carbocycles. The lowest BCUT2D eigenvalue weighted by Crippen LogP contribution is -2.45. The minimum atomic E-state index is -3.91. The maximum absolute atomic E-state index is 16.2. The minimum Gasteiger partial charge on any atom is -0.368 e. The summed E-state index contributed by atoms with van der Waals surface area (Å²) in [6.45, 7) is 2.98. The number of halogens is 1. The standard InChI is InChI=1S/C20H28FN6O5P/c1-20(21)15-13(10-29-33(28,32-15)31-12-6-3-2-4-7-12)30-18(20)27-11-23-14-16(26-8-5-9-26)24-19(22)25-17(14)27/h11-13,15,18H,2-10H2,1H3,(H2,22,24,25)/t13-,15-,18-,20-,33-/m1/s1. The molecule has 180 valence electrons. The van der Waals surface area contributed by atoms with Gasteiger partial charge in [0.05, 0.1) is 19.0 Å². The monoisotopic (exact) mass is 482 g/mol. The van der Waals surface area contributed by atoms with E-state index in [-0.39, 0.29) is 18.7 Å². The number of hydrogen-bond acceptors (Lipinski definition) is 10. The molecule has 11 nitrogen and oxygen atoms in total. The Morgan fingerprint density at radius 2 is 2.03 bits per heavy atom. The average molecular weight is 482 g/mol. The summed E-state index contributed by atoms with van der Waals surface area (Å²) < 4.78 is 53.8. The van der Waals surface area contributed by atoms with Gasteiger partial charge in [0.25, 0.3) is 0 Å². The highest BCUT2D eigenvalue weighted by Gasteiger charge is 2.62. The first-order valence-electron chi connectivity index (χ1n) is 11.5. The molecule has 33 heavy (non-hydrogen) atoms. The zero-order valence-corrected chi connectivity index (χ0v) is 19.3. The first-order chi connectivity index (χ1) is 15.8. The van der Waals surface area contributed by atoms with Crippen molar-refractivity contribution in [3.63, 3.8) is 0 Å². The fourth-order valence-electron chi connectivity index (χ4n) is 5.09. The number of phosphoric ester groups is 1. The van der Waals surface area contributed by atoms with Crippen LogP contribution in [0.1, 0.15) is 51.7 Å². The average Bonchev–Trinajstić information content (AvgIpc) is 3.25. The number of nitrogens with zero attached hydrogens (tertiary/aromatic N) is 5. The van der Waals surface area contributed by atoms with Gasteiger partial charge in [-0.1, -0.05) is 19.3 Å². The van der Waals surface area contributed by atoms with Crippen LogP contribution in [0.3, 0.4) is 0 Å². The number of nitrogen functional groups attached to an aromatic ring is 1. The molecule has 6 rings (SSSR count). The summed E-state index contributed by atoms with van der Waals surface area (Å²) in [5, 5.41) is 0. The van der Waals surface area contributed by atoms with E-state index in [0.717, 1.165) is 51.6 Å². The van der Waals surface area contributed by atoms with Gasteiger partial charge in [-0.3, -0.25) is 18.1 Å². The van der Waals surface area contributed by atoms with E-state index in [9.17, 15) is 4.57 Å². The van der Waals surface area contributed by atoms with E-state index in [4.69, 9.17) is 24.0 Å². The van der Waals surface area contributed by atoms with Crippen molar-refractivity contribution in [2.75, 3.05) is 30.3 Å². The fraction of sp³-hybridized carbons (Fsp3) is 0.750. The van der Waals surface area contributed by atoms with Gasteiger partial charge in [-0.05, 0) is 26.2 Å². The van der Waals surface area contributed by atoms with E-state index < -0.39 is 31.9 Å². The maximum Gasteiger partial charge on any atom is 0.475 e. The smallest absolute Gasteiger partial charge is 0.368 e. The second-order valence-electron chi connectivity index (χ2n) is 9.38. The SMILES string of the molecule is C[C@@]1(F)[C@@H]2O[P@@](=O)(OC3CCCCC3)OC[C@H]2O[C@H]1n1cnc2c(N3CCC3)nc(N)nc21. The number of aromatic nitrogens is 4. The van der Waals surface area contributed by atoms with Crippen molar-refractivity contribution in [1.29, 1.82) is 0 Å². The second kappa shape index (κ2) is 7.84. The molecule has 0 amide bonds. The van der Waals surface area contributed by atoms with Crippen LogP contribution in [0.5, 0.6) is 0 Å². The van der Waals surface area contributed by atoms with E-state index in [2.05, 4.69) is 19.9 Å². The van der Waals surface area contributed by atoms with Crippen molar-refractivity contribution in [3.05, 3.63) is 6.33 Å². The topological polar surface area (TPSA) is 127 Å². The predicted molar refractivity (Wildman–Crippen MR) is 116 cm³/mol. The Morgan fingerprint density at radius 3 is 2.76 bits per heavy atom. The van der Waals surface area contributed by atoms with E-state index in [1.54, 1.807) is 0 Å². The lowest BCUT2D eigenvalue weighted by Gasteiger charge is -2.35. The van der Waals surface area contributed by atoms with E-state index in [0.29, 0.717) is 17.0 Å². The van der Waals surface area contributed by atoms with Gasteiger partial charge < -0.3 is 15.4 Å². The Hall–Kier alpha value is -1.85. The molecular formula is C20H28FN6O5P. The van der Waals surface area contributed by atoms with Crippen LogP contribution in [-0.2, 0) is 22.9 Å². The number of ether oxygens (including phenoxy) is 1. The molecule has 0 spiro atoms. The van der Waals surface area contributed by atoms with Crippen LogP contribution >= 0.6 is 7.82 Å². The summed E-state index contributed by atoms with van der Waals surface area (Å²) in [4.78, 5) is 15.1. The molecule has 0 aromatic carbocycles. The summed E-state index contributed by atoms with van der Waals surface area (Å²) in [6.07, 6.45) is 4.03. The van der Waals surface area contributed by atoms with Gasteiger partial charge >= 0.3 is 7.82 Å². The predicted octanol–water partition coefficient (Wildman–Crippen LogP) is 3.12. The summed E-state index contributed by atoms with van der Waals surface area (Å²) >= 11 is 0. The molecule has 2 aromatic heterocycles. The van der Waals surface area contributed by atoms with Gasteiger partial charge in [0.15, 0.2) is 28.9 Å². The Labute approximate surface area is 190 Å². The number of alkyl halides is 1. The van der Waals surface area contributed by atoms with Crippen LogP contribution in [0, 0.1) is 0 Å². The quantitative estimate of drug-likeness (QED) is 0.650. The third-order valence-electron chi connectivity index (χ3n) is 6.98. The summed E-state index contributed by atoms with van der Waals surface area (Å²) in [5.41, 5.74) is 4.81. The van der Waals surface area contributed by atoms with Crippen molar-refractivity contribution in [1.82, 2.24) is 19.5 Å². The third-order valence-corrected chi connectivity index (χ3v) is 8.49. The number of anilines is 2. The first kappa shape index (κ1) is 21.7. The Balaban J connectivity index is 1.28. The van der Waals surface area contributed by atoms with Crippen molar-refractivity contribution in [3.8, 4) is 0 Å². The van der Waals surface area contributed by atoms with Crippen molar-refractivity contribution in [2.45, 2.75) is 75.7 Å². The Bertz CT molecular complexity index is 1100. The first-order valence-corrected chi connectivity index (χ1v) is 13.0. The molecule has 4 fully saturated rings. The number of rotatable bonds is 4. The molecule has 5 heterocycles. The molecule has 13 heteroatoms. The van der Waals surface area contributed by atoms with Crippen molar-refractivity contribution < 1.29 is 27.3 Å². The van der Waals surface area contributed by atoms with E-state index in [1.165, 1.54) is 17.8 Å². The highest BCUT2D eigenvalue weighted by molar-refractivity contribution is 7.48. The molecule has 2 aromatic rings. The van der Waals surface area contributed by atoms with E-state index >= 15 is 4.39 Å². The van der Waals surface area contributed by atoms with E-state index in [1.807, 2.05) is 0 Å². The van der Waals surface area contributed by atoms with Crippen LogP contribution in [0.2, 0.25) is 0 Å². The van der Waals surface area contributed by atoms with Gasteiger partial charge in [-0.2, -0.15) is 9.97 Å². The van der Waals surface area contributed by atoms with Gasteiger partial charge in [0.1, 0.15) is 12.2 Å². The number of hydrogen-bond donors (Lipinski definition) is 1. The molecule has 0 bridgehead atoms. The maximum atomic E-state index is 16.2. The van der Waals surface area contributed by atoms with Gasteiger partial charge in [-0.25, -0.2) is 13.9 Å². The minimum absolute atomic E-state index is 0.0760. The second-order valence-corrected chi connectivity index (χ2v) is 11.0. The lowest BCUT2D eigenvalue weighted by atomic mass is 9.98. The van der Waals surface area contributed by atoms with Crippen LogP contribution in [0.4, 0.5) is 16.2 Å². The highest BCUT2D eigenvalue weighted by Crippen LogP contribution is 2.61. The molecule has 4 aliphatic rings. The number of nitrogens with two attached hydrogens (primary N) is 1. The zero-order chi connectivity index (χ0) is 22.8. The number of phosphoric acid groups is 1. The largest absolute Gasteiger partial charge is 0.475 e. The number of fused-ring (bicyclic) bond motifs is 2. The third kappa shape index (κ3) is 3.63. The van der Waals surface area contributed by atoms with Crippen LogP contribution in [0.15, 0.2) is 6.33 Å². The molecule has 3 saturated heterocycles. The molecule has 2 N–H and O–H groups in total. The molecule has 5 atom stereocenters. The van der Waals surface area contributed by atoms with Crippen LogP contribution < -0.4 is 10.6 Å². The fourth-order valence-corrected chi connectivity index (χ4v) is 6.79. The Kier molecular flexibility index (Phi) is 5.15. The van der Waals surface area contributed by atoms with Crippen molar-refractivity contribution >= 4 is 30.8 Å². The number of imidazole rings is 1. The van der Waals surface area contributed by atoms with Gasteiger partial charge in [-0.15, -0.1) is 0 Å². The summed E-state index contributed by atoms with van der Waals surface area (Å²) in [6, 6.07) is 0. The zero-order valence-electron chi connectivity index (χ0n) is 18.4. The molecule has 0 unspecified atom stereocenters. The Morgan fingerprint density at radius 1 is 1.24 bits per heavy atom. The highest BCUT2D eigenvalue weighted by atomic mass is 31.2. The molecule has 3 aliphatic heterocycles. The van der Waals surface area contributed by atoms with Crippen LogP contribution in [-0.4, -0.2) is 63.2 Å². The summed E-state index contributed by atoms with van der Waals surface area (Å²) in [5.74, 6) is 0.704. The van der Waals surface area contributed by atoms with Crippen LogP contribution in [0.25, 0.3) is 11.2 Å². The molecule has 1 saturated carbocycles. The lowest BCUT2D eigenvalue weighted by molar-refractivity contribution is -0.0763. The van der Waals surface area contributed by atoms with Gasteiger partial charge in [0, 0.05) is 13.1 Å². The molecular weight excluding hydrogens is 454 g/mol.